The second kappa shape index (κ2) is 5.55. The summed E-state index contributed by atoms with van der Waals surface area (Å²) in [6, 6.07) is 11.2. The number of carbonyl (C=O) groups is 1. The number of hydrogen-bond donors (Lipinski definition) is 3. The van der Waals surface area contributed by atoms with E-state index in [2.05, 4.69) is 20.9 Å². The van der Waals surface area contributed by atoms with Gasteiger partial charge in [-0.05, 0) is 24.3 Å². The van der Waals surface area contributed by atoms with Gasteiger partial charge in [0.25, 0.3) is 5.91 Å². The summed E-state index contributed by atoms with van der Waals surface area (Å²) in [7, 11) is 3.43. The van der Waals surface area contributed by atoms with Crippen LogP contribution in [0.5, 0.6) is 5.75 Å². The van der Waals surface area contributed by atoms with Crippen molar-refractivity contribution in [3.63, 3.8) is 0 Å². The highest BCUT2D eigenvalue weighted by molar-refractivity contribution is 5.93. The van der Waals surface area contributed by atoms with Crippen molar-refractivity contribution >= 4 is 17.3 Å². The highest BCUT2D eigenvalue weighted by Crippen LogP contribution is 2.41. The molecule has 0 bridgehead atoms. The molecule has 0 saturated carbocycles. The summed E-state index contributed by atoms with van der Waals surface area (Å²) in [6.45, 7) is 0.170. The van der Waals surface area contributed by atoms with Crippen LogP contribution in [0.1, 0.15) is 5.69 Å². The predicted octanol–water partition coefficient (Wildman–Crippen LogP) is 1.57. The van der Waals surface area contributed by atoms with Crippen LogP contribution in [0, 0.1) is 0 Å². The second-order valence-corrected chi connectivity index (χ2v) is 5.04. The molecule has 1 atom stereocenters. The summed E-state index contributed by atoms with van der Waals surface area (Å²) < 4.78 is 5.86. The van der Waals surface area contributed by atoms with E-state index >= 15 is 0 Å². The molecule has 2 aromatic rings. The SMILES string of the molecule is CNC(=O)C1(c2ccccn2)COc2cccc(NC)c2N1. The zero-order valence-electron chi connectivity index (χ0n) is 12.5. The molecule has 0 radical (unpaired) electrons. The van der Waals surface area contributed by atoms with Gasteiger partial charge in [-0.15, -0.1) is 0 Å². The lowest BCUT2D eigenvalue weighted by molar-refractivity contribution is -0.126. The number of carbonyl (C=O) groups excluding carboxylic acids is 1. The average Bonchev–Trinajstić information content (AvgIpc) is 2.60. The van der Waals surface area contributed by atoms with E-state index in [1.807, 2.05) is 43.4 Å². The quantitative estimate of drug-likeness (QED) is 0.802. The Morgan fingerprint density at radius 2 is 2.14 bits per heavy atom. The topological polar surface area (TPSA) is 75.3 Å². The minimum Gasteiger partial charge on any atom is -0.488 e. The Labute approximate surface area is 128 Å². The lowest BCUT2D eigenvalue weighted by Crippen LogP contribution is -2.55. The number of nitrogens with zero attached hydrogens (tertiary/aromatic N) is 1. The normalized spacial score (nSPS) is 19.4. The highest BCUT2D eigenvalue weighted by atomic mass is 16.5. The lowest BCUT2D eigenvalue weighted by Gasteiger charge is -2.38. The van der Waals surface area contributed by atoms with Gasteiger partial charge < -0.3 is 20.7 Å². The summed E-state index contributed by atoms with van der Waals surface area (Å²) in [5, 5.41) is 9.14. The number of aromatic nitrogens is 1. The van der Waals surface area contributed by atoms with Gasteiger partial charge in [-0.1, -0.05) is 12.1 Å². The van der Waals surface area contributed by atoms with Crippen molar-refractivity contribution in [2.75, 3.05) is 31.3 Å². The van der Waals surface area contributed by atoms with E-state index in [0.717, 1.165) is 11.4 Å². The van der Waals surface area contributed by atoms with Gasteiger partial charge in [-0.3, -0.25) is 9.78 Å². The number of para-hydroxylation sites is 1. The molecule has 0 aliphatic carbocycles. The molecular formula is C16H18N4O2. The van der Waals surface area contributed by atoms with Crippen molar-refractivity contribution in [2.45, 2.75) is 5.54 Å². The molecule has 0 fully saturated rings. The zero-order chi connectivity index (χ0) is 15.6. The fraction of sp³-hybridized carbons (Fsp3) is 0.250. The van der Waals surface area contributed by atoms with Gasteiger partial charge in [-0.25, -0.2) is 0 Å². The summed E-state index contributed by atoms with van der Waals surface area (Å²) in [4.78, 5) is 16.9. The van der Waals surface area contributed by atoms with Crippen LogP contribution in [0.2, 0.25) is 0 Å². The van der Waals surface area contributed by atoms with Gasteiger partial charge in [0.2, 0.25) is 0 Å². The van der Waals surface area contributed by atoms with E-state index < -0.39 is 5.54 Å². The van der Waals surface area contributed by atoms with Crippen LogP contribution in [-0.2, 0) is 10.3 Å². The monoisotopic (exact) mass is 298 g/mol. The summed E-state index contributed by atoms with van der Waals surface area (Å²) in [5.41, 5.74) is 1.17. The molecule has 114 valence electrons. The minimum absolute atomic E-state index is 0.170. The molecule has 6 heteroatoms. The van der Waals surface area contributed by atoms with Crippen LogP contribution in [0.25, 0.3) is 0 Å². The van der Waals surface area contributed by atoms with Gasteiger partial charge in [0.05, 0.1) is 11.4 Å². The molecule has 1 amide bonds. The molecule has 6 nitrogen and oxygen atoms in total. The third-order valence-electron chi connectivity index (χ3n) is 3.79. The van der Waals surface area contributed by atoms with Crippen LogP contribution >= 0.6 is 0 Å². The number of hydrogen-bond acceptors (Lipinski definition) is 5. The number of pyridine rings is 1. The predicted molar refractivity (Wildman–Crippen MR) is 85.1 cm³/mol. The van der Waals surface area contributed by atoms with E-state index in [9.17, 15) is 4.79 Å². The first-order valence-electron chi connectivity index (χ1n) is 7.06. The summed E-state index contributed by atoms with van der Waals surface area (Å²) in [5.74, 6) is 0.519. The van der Waals surface area contributed by atoms with Crippen molar-refractivity contribution in [1.82, 2.24) is 10.3 Å². The molecule has 1 aromatic carbocycles. The maximum absolute atomic E-state index is 12.6. The van der Waals surface area contributed by atoms with Crippen LogP contribution in [0.4, 0.5) is 11.4 Å². The Kier molecular flexibility index (Phi) is 3.58. The molecule has 1 unspecified atom stereocenters. The van der Waals surface area contributed by atoms with Crippen LogP contribution < -0.4 is 20.7 Å². The number of anilines is 2. The largest absolute Gasteiger partial charge is 0.488 e. The van der Waals surface area contributed by atoms with Gasteiger partial charge in [0.15, 0.2) is 5.54 Å². The number of amides is 1. The first-order valence-corrected chi connectivity index (χ1v) is 7.06. The van der Waals surface area contributed by atoms with Crippen molar-refractivity contribution in [1.29, 1.82) is 0 Å². The molecule has 2 heterocycles. The van der Waals surface area contributed by atoms with E-state index in [1.165, 1.54) is 0 Å². The maximum atomic E-state index is 12.6. The van der Waals surface area contributed by atoms with Gasteiger partial charge >= 0.3 is 0 Å². The van der Waals surface area contributed by atoms with E-state index in [1.54, 1.807) is 13.2 Å². The first-order chi connectivity index (χ1) is 10.7. The van der Waals surface area contributed by atoms with Gasteiger partial charge in [0.1, 0.15) is 18.0 Å². The molecule has 1 aromatic heterocycles. The van der Waals surface area contributed by atoms with Crippen molar-refractivity contribution in [3.05, 3.63) is 48.3 Å². The number of benzene rings is 1. The Bertz CT molecular complexity index is 676. The third kappa shape index (κ3) is 2.13. The molecule has 1 aliphatic heterocycles. The number of ether oxygens (including phenoxy) is 1. The molecule has 22 heavy (non-hydrogen) atoms. The Hall–Kier alpha value is -2.76. The van der Waals surface area contributed by atoms with Crippen LogP contribution in [-0.4, -0.2) is 31.6 Å². The van der Waals surface area contributed by atoms with E-state index in [-0.39, 0.29) is 12.5 Å². The summed E-state index contributed by atoms with van der Waals surface area (Å²) >= 11 is 0. The number of rotatable bonds is 3. The first kappa shape index (κ1) is 14.2. The van der Waals surface area contributed by atoms with Gasteiger partial charge in [-0.2, -0.15) is 0 Å². The van der Waals surface area contributed by atoms with Crippen molar-refractivity contribution in [3.8, 4) is 5.75 Å². The lowest BCUT2D eigenvalue weighted by atomic mass is 9.92. The standard InChI is InChI=1S/C16H18N4O2/c1-17-11-6-5-7-12-14(11)20-16(10-22-12,15(21)18-2)13-8-3-4-9-19-13/h3-9,17,20H,10H2,1-2H3,(H,18,21). The fourth-order valence-electron chi connectivity index (χ4n) is 2.63. The number of nitrogens with one attached hydrogen (secondary N) is 3. The van der Waals surface area contributed by atoms with Crippen LogP contribution in [0.3, 0.4) is 0 Å². The van der Waals surface area contributed by atoms with E-state index in [0.29, 0.717) is 11.4 Å². The van der Waals surface area contributed by atoms with Crippen molar-refractivity contribution < 1.29 is 9.53 Å². The maximum Gasteiger partial charge on any atom is 0.255 e. The van der Waals surface area contributed by atoms with Crippen molar-refractivity contribution in [2.24, 2.45) is 0 Å². The fourth-order valence-corrected chi connectivity index (χ4v) is 2.63. The van der Waals surface area contributed by atoms with E-state index in [4.69, 9.17) is 4.74 Å². The molecule has 0 saturated heterocycles. The average molecular weight is 298 g/mol. The number of fused-ring (bicyclic) bond motifs is 1. The Morgan fingerprint density at radius 3 is 2.82 bits per heavy atom. The zero-order valence-corrected chi connectivity index (χ0v) is 12.5. The van der Waals surface area contributed by atoms with Crippen LogP contribution in [0.15, 0.2) is 42.6 Å². The van der Waals surface area contributed by atoms with Gasteiger partial charge in [0, 0.05) is 20.3 Å². The Balaban J connectivity index is 2.12. The molecule has 1 aliphatic rings. The molecule has 0 spiro atoms. The Morgan fingerprint density at radius 1 is 1.27 bits per heavy atom. The smallest absolute Gasteiger partial charge is 0.255 e. The summed E-state index contributed by atoms with van der Waals surface area (Å²) in [6.07, 6.45) is 1.67. The number of likely N-dealkylation sites (N-methyl/N-ethyl adjacent to an activating group) is 1. The molecule has 3 N–H and O–H groups in total. The third-order valence-corrected chi connectivity index (χ3v) is 3.79. The highest BCUT2D eigenvalue weighted by Gasteiger charge is 2.45. The minimum atomic E-state index is -1.06. The second-order valence-electron chi connectivity index (χ2n) is 5.04. The molecular weight excluding hydrogens is 280 g/mol. The molecule has 3 rings (SSSR count).